The number of hydrogen-bond donors (Lipinski definition) is 2. The second-order valence-electron chi connectivity index (χ2n) is 12.8. The predicted molar refractivity (Wildman–Crippen MR) is 201 cm³/mol. The molecule has 0 bridgehead atoms. The van der Waals surface area contributed by atoms with E-state index in [1.165, 1.54) is 6.33 Å². The highest BCUT2D eigenvalue weighted by Gasteiger charge is 2.45. The lowest BCUT2D eigenvalue weighted by Crippen LogP contribution is -2.53. The first-order chi connectivity index (χ1) is 26.1. The summed E-state index contributed by atoms with van der Waals surface area (Å²) in [5.74, 6) is -0.447. The van der Waals surface area contributed by atoms with Gasteiger partial charge in [-0.05, 0) is 41.0 Å². The van der Waals surface area contributed by atoms with E-state index >= 15 is 0 Å². The Morgan fingerprint density at radius 1 is 0.698 bits per heavy atom. The first-order valence-electron chi connectivity index (χ1n) is 17.5. The van der Waals surface area contributed by atoms with Crippen LogP contribution in [-0.2, 0) is 15.0 Å². The summed E-state index contributed by atoms with van der Waals surface area (Å²) in [6.07, 6.45) is 2.40. The van der Waals surface area contributed by atoms with Gasteiger partial charge in [0.05, 0.1) is 17.4 Å². The Balaban J connectivity index is 1.17. The third-order valence-electron chi connectivity index (χ3n) is 9.58. The SMILES string of the molecule is O=C(Nc1ncnc2c1ncn2[C@H]1C[C@H](NC(c2ccccc2)(c2ccccc2)c2ccccc2)[C@@H](COC(=O)c2ccccc2)O1)c1ccccc1. The molecule has 2 N–H and O–H groups in total. The monoisotopic (exact) mass is 700 g/mol. The number of nitrogens with one attached hydrogen (secondary N) is 2. The molecule has 53 heavy (non-hydrogen) atoms. The topological polar surface area (TPSA) is 120 Å². The molecule has 10 heteroatoms. The Morgan fingerprint density at radius 2 is 1.23 bits per heavy atom. The minimum Gasteiger partial charge on any atom is -0.459 e. The van der Waals surface area contributed by atoms with Gasteiger partial charge in [-0.15, -0.1) is 0 Å². The van der Waals surface area contributed by atoms with Gasteiger partial charge in [0, 0.05) is 18.0 Å². The summed E-state index contributed by atoms with van der Waals surface area (Å²) in [4.78, 5) is 39.8. The Labute approximate surface area is 306 Å². The van der Waals surface area contributed by atoms with Crippen LogP contribution >= 0.6 is 0 Å². The van der Waals surface area contributed by atoms with Crippen LogP contribution in [0, 0.1) is 0 Å². The molecule has 0 radical (unpaired) electrons. The van der Waals surface area contributed by atoms with Gasteiger partial charge in [-0.1, -0.05) is 127 Å². The molecule has 2 aromatic heterocycles. The van der Waals surface area contributed by atoms with Crippen LogP contribution in [0.5, 0.6) is 0 Å². The molecule has 0 unspecified atom stereocenters. The number of hydrogen-bond acceptors (Lipinski definition) is 8. The van der Waals surface area contributed by atoms with E-state index in [-0.39, 0.29) is 18.6 Å². The fourth-order valence-electron chi connectivity index (χ4n) is 7.04. The lowest BCUT2D eigenvalue weighted by Gasteiger charge is -2.40. The van der Waals surface area contributed by atoms with Gasteiger partial charge in [0.1, 0.15) is 25.3 Å². The molecule has 3 heterocycles. The lowest BCUT2D eigenvalue weighted by molar-refractivity contribution is -0.0360. The molecule has 1 aliphatic heterocycles. The molecule has 3 atom stereocenters. The summed E-state index contributed by atoms with van der Waals surface area (Å²) in [5, 5.41) is 6.93. The first-order valence-corrected chi connectivity index (χ1v) is 17.5. The number of aromatic nitrogens is 4. The quantitative estimate of drug-likeness (QED) is 0.108. The standard InChI is InChI=1S/C43H36N6O4/c50-41(30-16-6-1-7-17-30)47-39-38-40(45-28-44-39)49(29-46-38)37-26-35(36(53-37)27-52-42(51)31-18-8-2-9-19-31)48-43(32-20-10-3-11-21-32,33-22-12-4-13-23-33)34-24-14-5-15-25-34/h1-25,28-29,35-37,48H,26-27H2,(H,44,45,47,50)/t35-,36+,37+/m0/s1. The number of ether oxygens (including phenoxy) is 2. The van der Waals surface area contributed by atoms with E-state index in [2.05, 4.69) is 62.0 Å². The van der Waals surface area contributed by atoms with Gasteiger partial charge in [0.15, 0.2) is 17.0 Å². The molecular formula is C43H36N6O4. The van der Waals surface area contributed by atoms with Crippen LogP contribution in [0.3, 0.4) is 0 Å². The van der Waals surface area contributed by atoms with Crippen molar-refractivity contribution < 1.29 is 19.1 Å². The molecule has 0 saturated carbocycles. The van der Waals surface area contributed by atoms with Gasteiger partial charge < -0.3 is 14.8 Å². The summed E-state index contributed by atoms with van der Waals surface area (Å²) >= 11 is 0. The number of carbonyl (C=O) groups is 2. The van der Waals surface area contributed by atoms with Crippen LogP contribution < -0.4 is 10.6 Å². The summed E-state index contributed by atoms with van der Waals surface area (Å²) in [5.41, 5.74) is 4.20. The van der Waals surface area contributed by atoms with Crippen molar-refractivity contribution in [3.63, 3.8) is 0 Å². The molecule has 1 amide bonds. The summed E-state index contributed by atoms with van der Waals surface area (Å²) in [7, 11) is 0. The van der Waals surface area contributed by atoms with E-state index in [1.807, 2.05) is 71.3 Å². The average molecular weight is 701 g/mol. The number of carbonyl (C=O) groups excluding carboxylic acids is 2. The van der Waals surface area contributed by atoms with Gasteiger partial charge in [0.25, 0.3) is 5.91 Å². The van der Waals surface area contributed by atoms with Gasteiger partial charge in [-0.3, -0.25) is 14.7 Å². The number of anilines is 1. The fraction of sp³-hybridized carbons (Fsp3) is 0.140. The molecule has 0 aliphatic carbocycles. The van der Waals surface area contributed by atoms with Crippen molar-refractivity contribution in [2.45, 2.75) is 30.3 Å². The minimum absolute atomic E-state index is 0.00363. The average Bonchev–Trinajstić information content (AvgIpc) is 3.85. The van der Waals surface area contributed by atoms with Crippen LogP contribution in [0.2, 0.25) is 0 Å². The minimum atomic E-state index is -0.803. The van der Waals surface area contributed by atoms with Crippen molar-refractivity contribution in [3.8, 4) is 0 Å². The second kappa shape index (κ2) is 15.0. The maximum atomic E-state index is 13.2. The van der Waals surface area contributed by atoms with E-state index in [9.17, 15) is 9.59 Å². The van der Waals surface area contributed by atoms with Crippen LogP contribution in [-0.4, -0.2) is 50.1 Å². The molecule has 262 valence electrons. The first kappa shape index (κ1) is 33.6. The fourth-order valence-corrected chi connectivity index (χ4v) is 7.04. The molecule has 1 saturated heterocycles. The third-order valence-corrected chi connectivity index (χ3v) is 9.58. The number of benzene rings is 5. The van der Waals surface area contributed by atoms with Crippen molar-refractivity contribution in [1.29, 1.82) is 0 Å². The summed E-state index contributed by atoms with van der Waals surface area (Å²) in [6, 6.07) is 48.5. The lowest BCUT2D eigenvalue weighted by atomic mass is 9.76. The van der Waals surface area contributed by atoms with Crippen molar-refractivity contribution in [2.75, 3.05) is 11.9 Å². The molecule has 8 rings (SSSR count). The van der Waals surface area contributed by atoms with Gasteiger partial charge >= 0.3 is 5.97 Å². The number of nitrogens with zero attached hydrogens (tertiary/aromatic N) is 4. The number of esters is 1. The van der Waals surface area contributed by atoms with E-state index in [1.54, 1.807) is 54.9 Å². The van der Waals surface area contributed by atoms with Crippen LogP contribution in [0.1, 0.15) is 50.1 Å². The molecule has 10 nitrogen and oxygen atoms in total. The normalized spacial score (nSPS) is 17.0. The van der Waals surface area contributed by atoms with Crippen LogP contribution in [0.15, 0.2) is 164 Å². The molecule has 0 spiro atoms. The van der Waals surface area contributed by atoms with Gasteiger partial charge in [0.2, 0.25) is 0 Å². The van der Waals surface area contributed by atoms with Crippen molar-refractivity contribution in [1.82, 2.24) is 24.8 Å². The Morgan fingerprint density at radius 3 is 1.79 bits per heavy atom. The van der Waals surface area contributed by atoms with Gasteiger partial charge in [-0.25, -0.2) is 19.7 Å². The smallest absolute Gasteiger partial charge is 0.338 e. The maximum absolute atomic E-state index is 13.2. The Kier molecular flexibility index (Phi) is 9.53. The van der Waals surface area contributed by atoms with Crippen molar-refractivity contribution in [2.24, 2.45) is 0 Å². The Hall–Kier alpha value is -6.49. The third kappa shape index (κ3) is 6.81. The highest BCUT2D eigenvalue weighted by atomic mass is 16.6. The zero-order valence-electron chi connectivity index (χ0n) is 28.7. The van der Waals surface area contributed by atoms with Crippen molar-refractivity contribution in [3.05, 3.63) is 192 Å². The highest BCUT2D eigenvalue weighted by Crippen LogP contribution is 2.41. The molecule has 1 fully saturated rings. The molecule has 5 aromatic carbocycles. The van der Waals surface area contributed by atoms with E-state index in [0.29, 0.717) is 34.5 Å². The summed E-state index contributed by atoms with van der Waals surface area (Å²) in [6.45, 7) is -0.00363. The molecular weight excluding hydrogens is 665 g/mol. The summed E-state index contributed by atoms with van der Waals surface area (Å²) < 4.78 is 14.6. The molecule has 7 aromatic rings. The number of amides is 1. The number of fused-ring (bicyclic) bond motifs is 1. The van der Waals surface area contributed by atoms with Crippen molar-refractivity contribution >= 4 is 28.9 Å². The van der Waals surface area contributed by atoms with Crippen LogP contribution in [0.25, 0.3) is 11.2 Å². The van der Waals surface area contributed by atoms with E-state index < -0.39 is 23.8 Å². The van der Waals surface area contributed by atoms with E-state index in [4.69, 9.17) is 9.47 Å². The number of rotatable bonds is 11. The Bertz CT molecular complexity index is 2210. The molecule has 1 aliphatic rings. The van der Waals surface area contributed by atoms with Gasteiger partial charge in [-0.2, -0.15) is 0 Å². The second-order valence-corrected chi connectivity index (χ2v) is 12.8. The van der Waals surface area contributed by atoms with Crippen LogP contribution in [0.4, 0.5) is 5.82 Å². The maximum Gasteiger partial charge on any atom is 0.338 e. The zero-order chi connectivity index (χ0) is 36.0. The predicted octanol–water partition coefficient (Wildman–Crippen LogP) is 7.17. The highest BCUT2D eigenvalue weighted by molar-refractivity contribution is 6.06. The number of imidazole rings is 1. The largest absolute Gasteiger partial charge is 0.459 e. The van der Waals surface area contributed by atoms with E-state index in [0.717, 1.165) is 16.7 Å². The zero-order valence-corrected chi connectivity index (χ0v) is 28.7.